The third-order valence-corrected chi connectivity index (χ3v) is 8.44. The monoisotopic (exact) mass is 677 g/mol. The van der Waals surface area contributed by atoms with Gasteiger partial charge in [0.2, 0.25) is 0 Å². The Morgan fingerprint density at radius 2 is 1.38 bits per heavy atom. The van der Waals surface area contributed by atoms with Crippen molar-refractivity contribution in [3.05, 3.63) is 0 Å². The Hall–Kier alpha value is -1.71. The molecule has 0 aromatic rings. The van der Waals surface area contributed by atoms with Crippen molar-refractivity contribution in [2.24, 2.45) is 10.8 Å². The van der Waals surface area contributed by atoms with Crippen LogP contribution in [0, 0.1) is 10.8 Å². The number of hydrogen-bond donors (Lipinski definition) is 3. The lowest BCUT2D eigenvalue weighted by atomic mass is 9.69. The van der Waals surface area contributed by atoms with Gasteiger partial charge in [0, 0.05) is 13.0 Å². The zero-order chi connectivity index (χ0) is 33.8. The van der Waals surface area contributed by atoms with Crippen LogP contribution in [0.15, 0.2) is 0 Å². The molecule has 0 aliphatic rings. The molecule has 42 heavy (non-hydrogen) atoms. The van der Waals surface area contributed by atoms with Crippen LogP contribution in [0.25, 0.3) is 0 Å². The van der Waals surface area contributed by atoms with Gasteiger partial charge in [-0.25, -0.2) is 17.3 Å². The fraction of sp³-hybridized carbons (Fsp3) is 0.905. The van der Waals surface area contributed by atoms with E-state index in [2.05, 4.69) is 0 Å². The molecule has 0 aromatic heterocycles. The highest BCUT2D eigenvalue weighted by Gasteiger charge is 2.70. The van der Waals surface area contributed by atoms with Gasteiger partial charge in [0.15, 0.2) is 11.1 Å². The molecule has 0 aliphatic carbocycles. The average molecular weight is 678 g/mol. The van der Waals surface area contributed by atoms with Crippen LogP contribution in [0.1, 0.15) is 60.3 Å². The molecule has 0 amide bonds. The van der Waals surface area contributed by atoms with Crippen molar-refractivity contribution in [3.8, 4) is 0 Å². The number of rotatable bonds is 15. The maximum Gasteiger partial charge on any atom is 0.511 e. The van der Waals surface area contributed by atoms with Crippen molar-refractivity contribution in [2.75, 3.05) is 13.2 Å². The van der Waals surface area contributed by atoms with Gasteiger partial charge in [-0.05, 0) is 47.0 Å². The summed E-state index contributed by atoms with van der Waals surface area (Å²) < 4.78 is 169. The van der Waals surface area contributed by atoms with E-state index in [1.165, 1.54) is 13.8 Å². The van der Waals surface area contributed by atoms with E-state index >= 15 is 0 Å². The second-order valence-electron chi connectivity index (χ2n) is 10.2. The molecule has 0 fully saturated rings. The molecular formula is C21H32F9NO9S2. The van der Waals surface area contributed by atoms with Gasteiger partial charge in [-0.1, -0.05) is 6.92 Å². The van der Waals surface area contributed by atoms with Crippen LogP contribution in [0.2, 0.25) is 0 Å². The van der Waals surface area contributed by atoms with Crippen LogP contribution in [0.5, 0.6) is 0 Å². The highest BCUT2D eigenvalue weighted by molar-refractivity contribution is 7.90. The number of ether oxygens (including phenoxy) is 2. The molecule has 0 saturated carbocycles. The molecule has 0 bridgehead atoms. The smallest absolute Gasteiger partial charge is 0.464 e. The van der Waals surface area contributed by atoms with E-state index in [0.29, 0.717) is 6.92 Å². The molecule has 0 rings (SSSR count). The molecule has 21 heteroatoms. The summed E-state index contributed by atoms with van der Waals surface area (Å²) in [6.45, 7) is 3.40. The molecule has 0 radical (unpaired) electrons. The molecule has 0 aliphatic heterocycles. The zero-order valence-corrected chi connectivity index (χ0v) is 24.5. The molecule has 0 aromatic carbocycles. The van der Waals surface area contributed by atoms with Gasteiger partial charge in [-0.15, -0.1) is 0 Å². The number of alkyl halides is 9. The molecular weight excluding hydrogens is 645 g/mol. The van der Waals surface area contributed by atoms with Gasteiger partial charge in [-0.3, -0.25) is 9.59 Å². The predicted octanol–water partition coefficient (Wildman–Crippen LogP) is 3.96. The largest absolute Gasteiger partial charge is 0.511 e. The minimum absolute atomic E-state index is 0.258. The zero-order valence-electron chi connectivity index (χ0n) is 22.9. The standard InChI is InChI=1S/C21H32F9NO9S2/c1-6-16(4,15(33)40-12(2)9-18(34,19(22,23)24)20(25,26)27)11-17(5,10-13(3)41(35)36)14(32)39-8-7-31-42(37,38)21(28,29)30/h12-13,31,34H,6-11H2,1-5H3,(H,35,36). The molecule has 3 N–H and O–H groups in total. The van der Waals surface area contributed by atoms with Gasteiger partial charge in [0.05, 0.1) is 16.1 Å². The third-order valence-electron chi connectivity index (χ3n) is 6.39. The quantitative estimate of drug-likeness (QED) is 0.101. The number of esters is 2. The van der Waals surface area contributed by atoms with Gasteiger partial charge in [0.1, 0.15) is 12.7 Å². The Bertz CT molecular complexity index is 1070. The minimum atomic E-state index is -6.19. The van der Waals surface area contributed by atoms with Crippen molar-refractivity contribution in [2.45, 2.75) is 95.1 Å². The second kappa shape index (κ2) is 13.9. The van der Waals surface area contributed by atoms with Gasteiger partial charge in [-0.2, -0.15) is 39.5 Å². The fourth-order valence-corrected chi connectivity index (χ4v) is 4.91. The Kier molecular flexibility index (Phi) is 13.4. The van der Waals surface area contributed by atoms with E-state index in [4.69, 9.17) is 9.47 Å². The summed E-state index contributed by atoms with van der Waals surface area (Å²) in [5.74, 6) is -2.69. The van der Waals surface area contributed by atoms with Crippen molar-refractivity contribution < 1.29 is 80.9 Å². The van der Waals surface area contributed by atoms with E-state index in [-0.39, 0.29) is 6.42 Å². The lowest BCUT2D eigenvalue weighted by molar-refractivity contribution is -0.373. The van der Waals surface area contributed by atoms with E-state index in [1.54, 1.807) is 0 Å². The second-order valence-corrected chi connectivity index (χ2v) is 13.3. The number of carbonyl (C=O) groups is 2. The van der Waals surface area contributed by atoms with Gasteiger partial charge in [0.25, 0.3) is 5.60 Å². The van der Waals surface area contributed by atoms with Crippen molar-refractivity contribution in [3.63, 3.8) is 0 Å². The van der Waals surface area contributed by atoms with E-state index in [9.17, 15) is 71.4 Å². The normalized spacial score (nSPS) is 18.8. The van der Waals surface area contributed by atoms with Crippen LogP contribution >= 0.6 is 0 Å². The Balaban J connectivity index is 5.99. The molecule has 0 heterocycles. The van der Waals surface area contributed by atoms with E-state index < -0.39 is 111 Å². The number of halogens is 9. The van der Waals surface area contributed by atoms with Crippen LogP contribution in [-0.4, -0.2) is 82.2 Å². The van der Waals surface area contributed by atoms with Crippen molar-refractivity contribution >= 4 is 33.0 Å². The molecule has 0 spiro atoms. The molecule has 10 nitrogen and oxygen atoms in total. The third kappa shape index (κ3) is 10.2. The van der Waals surface area contributed by atoms with Gasteiger partial charge < -0.3 is 19.1 Å². The SMILES string of the molecule is CCC(C)(CC(C)(CC(C)S(=O)O)C(=O)OCCNS(=O)(=O)C(F)(F)F)C(=O)OC(C)CC(O)(C(F)(F)F)C(F)(F)F. The Labute approximate surface area is 238 Å². The molecule has 0 saturated heterocycles. The van der Waals surface area contributed by atoms with Crippen molar-refractivity contribution in [1.29, 1.82) is 0 Å². The van der Waals surface area contributed by atoms with Gasteiger partial charge >= 0.3 is 39.8 Å². The Morgan fingerprint density at radius 1 is 0.905 bits per heavy atom. The van der Waals surface area contributed by atoms with Crippen LogP contribution < -0.4 is 4.72 Å². The first-order valence-electron chi connectivity index (χ1n) is 11.9. The van der Waals surface area contributed by atoms with Crippen LogP contribution in [-0.2, 0) is 40.2 Å². The minimum Gasteiger partial charge on any atom is -0.464 e. The van der Waals surface area contributed by atoms with E-state index in [1.807, 2.05) is 0 Å². The summed E-state index contributed by atoms with van der Waals surface area (Å²) in [5, 5.41) is 8.18. The summed E-state index contributed by atoms with van der Waals surface area (Å²) in [5.41, 5.74) is -14.7. The lowest BCUT2D eigenvalue weighted by Gasteiger charge is -2.38. The molecule has 5 atom stereocenters. The lowest BCUT2D eigenvalue weighted by Crippen LogP contribution is -2.58. The number of nitrogens with one attached hydrogen (secondary N) is 1. The highest BCUT2D eigenvalue weighted by atomic mass is 32.2. The molecule has 250 valence electrons. The number of aliphatic hydroxyl groups is 1. The maximum absolute atomic E-state index is 13.0. The summed E-state index contributed by atoms with van der Waals surface area (Å²) in [6, 6.07) is 0. The van der Waals surface area contributed by atoms with Crippen molar-refractivity contribution in [1.82, 2.24) is 4.72 Å². The topological polar surface area (TPSA) is 156 Å². The number of carbonyl (C=O) groups excluding carboxylic acids is 2. The number of sulfonamides is 1. The summed E-state index contributed by atoms with van der Waals surface area (Å²) in [6.07, 6.45) is -18.1. The summed E-state index contributed by atoms with van der Waals surface area (Å²) in [4.78, 5) is 25.9. The fourth-order valence-electron chi connectivity index (χ4n) is 3.89. The first-order valence-corrected chi connectivity index (χ1v) is 14.5. The first kappa shape index (κ1) is 40.3. The first-order chi connectivity index (χ1) is 18.5. The average Bonchev–Trinajstić information content (AvgIpc) is 2.78. The van der Waals surface area contributed by atoms with E-state index in [0.717, 1.165) is 18.6 Å². The maximum atomic E-state index is 13.0. The Morgan fingerprint density at radius 3 is 1.76 bits per heavy atom. The highest BCUT2D eigenvalue weighted by Crippen LogP contribution is 2.47. The predicted molar refractivity (Wildman–Crippen MR) is 127 cm³/mol. The number of hydrogen-bond acceptors (Lipinski definition) is 8. The van der Waals surface area contributed by atoms with Crippen LogP contribution in [0.4, 0.5) is 39.5 Å². The molecule has 5 unspecified atom stereocenters. The summed E-state index contributed by atoms with van der Waals surface area (Å²) in [7, 11) is -5.78. The summed E-state index contributed by atoms with van der Waals surface area (Å²) >= 11 is -2.56. The van der Waals surface area contributed by atoms with Crippen LogP contribution in [0.3, 0.4) is 0 Å².